The van der Waals surface area contributed by atoms with Gasteiger partial charge < -0.3 is 9.84 Å². The van der Waals surface area contributed by atoms with Gasteiger partial charge in [-0.2, -0.15) is 0 Å². The smallest absolute Gasteiger partial charge is 0.305 e. The maximum atomic E-state index is 12.5. The summed E-state index contributed by atoms with van der Waals surface area (Å²) in [5.41, 5.74) is 0.639. The predicted molar refractivity (Wildman–Crippen MR) is 91.1 cm³/mol. The minimum atomic E-state index is -0.960. The number of esters is 1. The molecule has 4 heteroatoms. The van der Waals surface area contributed by atoms with Gasteiger partial charge in [-0.25, -0.2) is 0 Å². The molecular formula is C19H32O4. The summed E-state index contributed by atoms with van der Waals surface area (Å²) in [6.07, 6.45) is 7.41. The van der Waals surface area contributed by atoms with Gasteiger partial charge in [-0.1, -0.05) is 39.0 Å². The van der Waals surface area contributed by atoms with Crippen LogP contribution in [0.4, 0.5) is 0 Å². The second-order valence-electron chi connectivity index (χ2n) is 6.72. The standard InChI is InChI=1S/C19H32O4/c1-5-6-10-13-19(22)15(3)14(2)18(21)16(19)11-8-7-9-12-17(20)23-4/h16,22H,5-13H2,1-4H3/t16-,19-/m0/s1. The Morgan fingerprint density at radius 2 is 1.87 bits per heavy atom. The van der Waals surface area contributed by atoms with Crippen LogP contribution in [0.25, 0.3) is 0 Å². The first-order valence-corrected chi connectivity index (χ1v) is 8.89. The lowest BCUT2D eigenvalue weighted by Gasteiger charge is -2.31. The van der Waals surface area contributed by atoms with Gasteiger partial charge in [0, 0.05) is 6.42 Å². The average molecular weight is 324 g/mol. The van der Waals surface area contributed by atoms with E-state index in [4.69, 9.17) is 0 Å². The third-order valence-electron chi connectivity index (χ3n) is 5.24. The van der Waals surface area contributed by atoms with Crippen molar-refractivity contribution < 1.29 is 19.4 Å². The first-order valence-electron chi connectivity index (χ1n) is 8.89. The Labute approximate surface area is 140 Å². The molecule has 0 aromatic heterocycles. The molecule has 0 aliphatic heterocycles. The van der Waals surface area contributed by atoms with Crippen LogP contribution in [0.1, 0.15) is 78.6 Å². The number of hydrogen-bond acceptors (Lipinski definition) is 4. The minimum Gasteiger partial charge on any atom is -0.469 e. The van der Waals surface area contributed by atoms with Gasteiger partial charge in [0.15, 0.2) is 5.78 Å². The zero-order chi connectivity index (χ0) is 17.5. The molecule has 0 aromatic rings. The Hall–Kier alpha value is -1.16. The van der Waals surface area contributed by atoms with Crippen LogP contribution in [0.5, 0.6) is 0 Å². The summed E-state index contributed by atoms with van der Waals surface area (Å²) >= 11 is 0. The number of unbranched alkanes of at least 4 members (excludes halogenated alkanes) is 4. The lowest BCUT2D eigenvalue weighted by Crippen LogP contribution is -2.38. The molecule has 23 heavy (non-hydrogen) atoms. The molecule has 0 aromatic carbocycles. The molecule has 0 bridgehead atoms. The monoisotopic (exact) mass is 324 g/mol. The summed E-state index contributed by atoms with van der Waals surface area (Å²) < 4.78 is 4.62. The number of hydrogen-bond donors (Lipinski definition) is 1. The highest BCUT2D eigenvalue weighted by molar-refractivity contribution is 6.01. The average Bonchev–Trinajstić information content (AvgIpc) is 2.69. The number of carbonyl (C=O) groups excluding carboxylic acids is 2. The van der Waals surface area contributed by atoms with Crippen molar-refractivity contribution in [2.45, 2.75) is 84.2 Å². The number of rotatable bonds is 10. The Kier molecular flexibility index (Phi) is 7.97. The van der Waals surface area contributed by atoms with Crippen molar-refractivity contribution in [1.82, 2.24) is 0 Å². The molecule has 4 nitrogen and oxygen atoms in total. The van der Waals surface area contributed by atoms with Crippen LogP contribution >= 0.6 is 0 Å². The largest absolute Gasteiger partial charge is 0.469 e. The topological polar surface area (TPSA) is 63.6 Å². The predicted octanol–water partition coefficient (Wildman–Crippen LogP) is 3.96. The number of methoxy groups -OCH3 is 1. The van der Waals surface area contributed by atoms with Crippen LogP contribution in [0, 0.1) is 5.92 Å². The second kappa shape index (κ2) is 9.21. The van der Waals surface area contributed by atoms with Gasteiger partial charge in [-0.05, 0) is 44.3 Å². The number of allylic oxidation sites excluding steroid dienone is 1. The lowest BCUT2D eigenvalue weighted by atomic mass is 9.79. The first kappa shape index (κ1) is 19.9. The molecule has 1 aliphatic rings. The van der Waals surface area contributed by atoms with Crippen LogP contribution in [-0.2, 0) is 14.3 Å². The van der Waals surface area contributed by atoms with Crippen molar-refractivity contribution in [3.63, 3.8) is 0 Å². The van der Waals surface area contributed by atoms with Crippen LogP contribution in [0.2, 0.25) is 0 Å². The molecule has 2 atom stereocenters. The third-order valence-corrected chi connectivity index (χ3v) is 5.24. The molecule has 132 valence electrons. The van der Waals surface area contributed by atoms with Crippen molar-refractivity contribution in [3.8, 4) is 0 Å². The summed E-state index contributed by atoms with van der Waals surface area (Å²) in [5.74, 6) is -0.390. The van der Waals surface area contributed by atoms with Crippen LogP contribution in [-0.4, -0.2) is 29.6 Å². The molecular weight excluding hydrogens is 292 g/mol. The zero-order valence-electron chi connectivity index (χ0n) is 15.1. The fourth-order valence-corrected chi connectivity index (χ4v) is 3.52. The van der Waals surface area contributed by atoms with Gasteiger partial charge >= 0.3 is 5.97 Å². The van der Waals surface area contributed by atoms with Gasteiger partial charge in [0.1, 0.15) is 0 Å². The number of ether oxygens (including phenoxy) is 1. The van der Waals surface area contributed by atoms with Crippen molar-refractivity contribution >= 4 is 11.8 Å². The maximum Gasteiger partial charge on any atom is 0.305 e. The van der Waals surface area contributed by atoms with Crippen molar-refractivity contribution in [2.75, 3.05) is 7.11 Å². The van der Waals surface area contributed by atoms with E-state index < -0.39 is 5.60 Å². The number of Topliss-reactive ketones (excluding diaryl/α,β-unsaturated/α-hetero) is 1. The third kappa shape index (κ3) is 4.90. The van der Waals surface area contributed by atoms with E-state index in [-0.39, 0.29) is 17.7 Å². The molecule has 0 radical (unpaired) electrons. The van der Waals surface area contributed by atoms with E-state index in [0.717, 1.165) is 49.7 Å². The van der Waals surface area contributed by atoms with Gasteiger partial charge in [-0.3, -0.25) is 9.59 Å². The van der Waals surface area contributed by atoms with Gasteiger partial charge in [0.25, 0.3) is 0 Å². The van der Waals surface area contributed by atoms with Crippen LogP contribution < -0.4 is 0 Å². The summed E-state index contributed by atoms with van der Waals surface area (Å²) in [6.45, 7) is 5.87. The van der Waals surface area contributed by atoms with E-state index >= 15 is 0 Å². The van der Waals surface area contributed by atoms with Crippen molar-refractivity contribution in [1.29, 1.82) is 0 Å². The number of aliphatic hydroxyl groups is 1. The molecule has 1 N–H and O–H groups in total. The molecule has 0 spiro atoms. The normalized spacial score (nSPS) is 24.4. The van der Waals surface area contributed by atoms with Gasteiger partial charge in [0.05, 0.1) is 18.6 Å². The lowest BCUT2D eigenvalue weighted by molar-refractivity contribution is -0.140. The highest BCUT2D eigenvalue weighted by atomic mass is 16.5. The van der Waals surface area contributed by atoms with E-state index in [1.54, 1.807) is 0 Å². The second-order valence-corrected chi connectivity index (χ2v) is 6.72. The Morgan fingerprint density at radius 3 is 2.48 bits per heavy atom. The zero-order valence-corrected chi connectivity index (χ0v) is 15.1. The quantitative estimate of drug-likeness (QED) is 0.488. The highest BCUT2D eigenvalue weighted by Crippen LogP contribution is 2.43. The molecule has 0 unspecified atom stereocenters. The van der Waals surface area contributed by atoms with Crippen LogP contribution in [0.15, 0.2) is 11.1 Å². The van der Waals surface area contributed by atoms with Gasteiger partial charge in [-0.15, -0.1) is 0 Å². The summed E-state index contributed by atoms with van der Waals surface area (Å²) in [6, 6.07) is 0. The van der Waals surface area contributed by atoms with Crippen LogP contribution in [0.3, 0.4) is 0 Å². The fourth-order valence-electron chi connectivity index (χ4n) is 3.52. The summed E-state index contributed by atoms with van der Waals surface area (Å²) in [5, 5.41) is 11.1. The van der Waals surface area contributed by atoms with Crippen molar-refractivity contribution in [3.05, 3.63) is 11.1 Å². The van der Waals surface area contributed by atoms with E-state index in [1.165, 1.54) is 7.11 Å². The minimum absolute atomic E-state index is 0.106. The van der Waals surface area contributed by atoms with E-state index in [2.05, 4.69) is 11.7 Å². The van der Waals surface area contributed by atoms with Crippen molar-refractivity contribution in [2.24, 2.45) is 5.92 Å². The molecule has 1 aliphatic carbocycles. The molecule has 0 saturated heterocycles. The molecule has 0 fully saturated rings. The first-order chi connectivity index (χ1) is 10.9. The summed E-state index contributed by atoms with van der Waals surface area (Å²) in [7, 11) is 1.40. The maximum absolute atomic E-state index is 12.5. The fraction of sp³-hybridized carbons (Fsp3) is 0.789. The molecule has 0 amide bonds. The van der Waals surface area contributed by atoms with Gasteiger partial charge in [0.2, 0.25) is 0 Å². The molecule has 0 heterocycles. The Bertz CT molecular complexity index is 452. The van der Waals surface area contributed by atoms with E-state index in [9.17, 15) is 14.7 Å². The highest BCUT2D eigenvalue weighted by Gasteiger charge is 2.48. The molecule has 0 saturated carbocycles. The Morgan fingerprint density at radius 1 is 1.17 bits per heavy atom. The van der Waals surface area contributed by atoms with E-state index in [1.807, 2.05) is 13.8 Å². The Balaban J connectivity index is 2.57. The summed E-state index contributed by atoms with van der Waals surface area (Å²) in [4.78, 5) is 23.6. The molecule has 1 rings (SSSR count). The number of ketones is 1. The SMILES string of the molecule is CCCCC[C@]1(O)C(C)=C(C)C(=O)[C@@H]1CCCCCC(=O)OC. The van der Waals surface area contributed by atoms with E-state index in [0.29, 0.717) is 19.3 Å². The number of carbonyl (C=O) groups is 2.